The number of thiazole rings is 1. The summed E-state index contributed by atoms with van der Waals surface area (Å²) in [5.74, 6) is -0.119. The van der Waals surface area contributed by atoms with E-state index in [0.717, 1.165) is 32.7 Å². The molecule has 29 heavy (non-hydrogen) atoms. The number of hydrogen-bond donors (Lipinski definition) is 1. The summed E-state index contributed by atoms with van der Waals surface area (Å²) in [4.78, 5) is 21.2. The van der Waals surface area contributed by atoms with Gasteiger partial charge in [-0.15, -0.1) is 11.3 Å². The Kier molecular flexibility index (Phi) is 5.77. The van der Waals surface area contributed by atoms with E-state index in [1.165, 1.54) is 5.56 Å². The first kappa shape index (κ1) is 19.0. The second-order valence-corrected chi connectivity index (χ2v) is 7.66. The van der Waals surface area contributed by atoms with Gasteiger partial charge in [-0.3, -0.25) is 9.78 Å². The first-order chi connectivity index (χ1) is 14.2. The van der Waals surface area contributed by atoms with Crippen molar-refractivity contribution in [1.29, 1.82) is 0 Å². The Balaban J connectivity index is 1.32. The molecular weight excluding hydrogens is 378 g/mol. The SMILES string of the molecule is Cc1ccc(-c2nc(CCNC(=O)/C=C/c3cccc4cccnc34)cs2)cc1. The smallest absolute Gasteiger partial charge is 0.244 e. The number of hydrogen-bond acceptors (Lipinski definition) is 4. The van der Waals surface area contributed by atoms with Crippen LogP contribution in [-0.2, 0) is 11.2 Å². The fourth-order valence-corrected chi connectivity index (χ4v) is 3.91. The first-order valence-electron chi connectivity index (χ1n) is 9.50. The molecule has 5 heteroatoms. The van der Waals surface area contributed by atoms with Crippen LogP contribution >= 0.6 is 11.3 Å². The molecule has 0 saturated carbocycles. The van der Waals surface area contributed by atoms with Crippen molar-refractivity contribution in [3.63, 3.8) is 0 Å². The number of nitrogens with zero attached hydrogens (tertiary/aromatic N) is 2. The van der Waals surface area contributed by atoms with E-state index in [2.05, 4.69) is 51.9 Å². The van der Waals surface area contributed by atoms with Crippen LogP contribution in [0.1, 0.15) is 16.8 Å². The lowest BCUT2D eigenvalue weighted by Gasteiger charge is -2.02. The molecule has 0 saturated heterocycles. The second kappa shape index (κ2) is 8.80. The molecule has 4 aromatic rings. The van der Waals surface area contributed by atoms with Gasteiger partial charge in [0, 0.05) is 47.1 Å². The summed E-state index contributed by atoms with van der Waals surface area (Å²) >= 11 is 1.63. The summed E-state index contributed by atoms with van der Waals surface area (Å²) in [6.45, 7) is 2.62. The van der Waals surface area contributed by atoms with E-state index in [0.29, 0.717) is 13.0 Å². The minimum atomic E-state index is -0.119. The number of fused-ring (bicyclic) bond motifs is 1. The highest BCUT2D eigenvalue weighted by atomic mass is 32.1. The summed E-state index contributed by atoms with van der Waals surface area (Å²) in [6, 6.07) is 18.2. The van der Waals surface area contributed by atoms with Gasteiger partial charge in [0.05, 0.1) is 11.2 Å². The van der Waals surface area contributed by atoms with Crippen LogP contribution < -0.4 is 5.32 Å². The zero-order valence-electron chi connectivity index (χ0n) is 16.1. The predicted octanol–water partition coefficient (Wildman–Crippen LogP) is 5.04. The highest BCUT2D eigenvalue weighted by Gasteiger charge is 2.05. The Bertz CT molecular complexity index is 1160. The zero-order valence-corrected chi connectivity index (χ0v) is 16.9. The molecule has 2 aromatic carbocycles. The maximum Gasteiger partial charge on any atom is 0.244 e. The number of benzene rings is 2. The van der Waals surface area contributed by atoms with Crippen LogP contribution in [0.2, 0.25) is 0 Å². The van der Waals surface area contributed by atoms with Crippen molar-refractivity contribution in [1.82, 2.24) is 15.3 Å². The molecule has 0 aliphatic carbocycles. The van der Waals surface area contributed by atoms with E-state index < -0.39 is 0 Å². The minimum absolute atomic E-state index is 0.119. The number of carbonyl (C=O) groups excluding carboxylic acids is 1. The Morgan fingerprint density at radius 1 is 1.10 bits per heavy atom. The summed E-state index contributed by atoms with van der Waals surface area (Å²) in [5.41, 5.74) is 5.18. The van der Waals surface area contributed by atoms with Crippen molar-refractivity contribution in [2.24, 2.45) is 0 Å². The molecule has 0 fully saturated rings. The van der Waals surface area contributed by atoms with Crippen LogP contribution in [0.25, 0.3) is 27.6 Å². The standard InChI is InChI=1S/C24H21N3OS/c1-17-7-9-20(10-8-17)24-27-21(16-29-24)13-15-25-22(28)12-11-19-5-2-4-18-6-3-14-26-23(18)19/h2-12,14,16H,13,15H2,1H3,(H,25,28)/b12-11+. The van der Waals surface area contributed by atoms with Gasteiger partial charge in [-0.05, 0) is 19.1 Å². The number of nitrogens with one attached hydrogen (secondary N) is 1. The lowest BCUT2D eigenvalue weighted by Crippen LogP contribution is -2.23. The average Bonchev–Trinajstić information content (AvgIpc) is 3.21. The number of pyridine rings is 1. The van der Waals surface area contributed by atoms with Crippen LogP contribution in [0.4, 0.5) is 0 Å². The van der Waals surface area contributed by atoms with Crippen molar-refractivity contribution in [3.05, 3.63) is 89.1 Å². The van der Waals surface area contributed by atoms with Gasteiger partial charge in [0.25, 0.3) is 0 Å². The van der Waals surface area contributed by atoms with Gasteiger partial charge in [-0.1, -0.05) is 54.1 Å². The third-order valence-electron chi connectivity index (χ3n) is 4.61. The molecule has 0 radical (unpaired) electrons. The van der Waals surface area contributed by atoms with E-state index in [1.807, 2.05) is 36.4 Å². The van der Waals surface area contributed by atoms with Crippen molar-refractivity contribution in [2.75, 3.05) is 6.54 Å². The quantitative estimate of drug-likeness (QED) is 0.462. The van der Waals surface area contributed by atoms with E-state index >= 15 is 0 Å². The minimum Gasteiger partial charge on any atom is -0.352 e. The van der Waals surface area contributed by atoms with Gasteiger partial charge in [-0.25, -0.2) is 4.98 Å². The van der Waals surface area contributed by atoms with Gasteiger partial charge in [0.1, 0.15) is 5.01 Å². The molecule has 1 amide bonds. The topological polar surface area (TPSA) is 54.9 Å². The van der Waals surface area contributed by atoms with Crippen LogP contribution in [0, 0.1) is 6.92 Å². The van der Waals surface area contributed by atoms with Crippen LogP contribution in [-0.4, -0.2) is 22.4 Å². The van der Waals surface area contributed by atoms with E-state index in [1.54, 1.807) is 23.6 Å². The van der Waals surface area contributed by atoms with Gasteiger partial charge in [-0.2, -0.15) is 0 Å². The second-order valence-electron chi connectivity index (χ2n) is 6.81. The molecule has 0 spiro atoms. The number of rotatable bonds is 6. The van der Waals surface area contributed by atoms with Crippen molar-refractivity contribution in [2.45, 2.75) is 13.3 Å². The molecule has 144 valence electrons. The Hall–Kier alpha value is -3.31. The molecular formula is C24H21N3OS. The lowest BCUT2D eigenvalue weighted by molar-refractivity contribution is -0.116. The molecule has 0 atom stereocenters. The lowest BCUT2D eigenvalue weighted by atomic mass is 10.1. The third kappa shape index (κ3) is 4.76. The van der Waals surface area contributed by atoms with Crippen LogP contribution in [0.15, 0.2) is 72.3 Å². The Morgan fingerprint density at radius 2 is 1.93 bits per heavy atom. The molecule has 2 heterocycles. The van der Waals surface area contributed by atoms with Crippen LogP contribution in [0.3, 0.4) is 0 Å². The highest BCUT2D eigenvalue weighted by molar-refractivity contribution is 7.13. The normalized spacial score (nSPS) is 11.2. The van der Waals surface area contributed by atoms with Crippen molar-refractivity contribution < 1.29 is 4.79 Å². The number of aryl methyl sites for hydroxylation is 1. The predicted molar refractivity (Wildman–Crippen MR) is 120 cm³/mol. The fourth-order valence-electron chi connectivity index (χ4n) is 3.05. The Labute approximate surface area is 174 Å². The highest BCUT2D eigenvalue weighted by Crippen LogP contribution is 2.24. The summed E-state index contributed by atoms with van der Waals surface area (Å²) < 4.78 is 0. The van der Waals surface area contributed by atoms with E-state index in [-0.39, 0.29) is 5.91 Å². The molecule has 0 aliphatic heterocycles. The molecule has 4 nitrogen and oxygen atoms in total. The third-order valence-corrected chi connectivity index (χ3v) is 5.55. The van der Waals surface area contributed by atoms with Gasteiger partial charge in [0.2, 0.25) is 5.91 Å². The first-order valence-corrected chi connectivity index (χ1v) is 10.4. The van der Waals surface area contributed by atoms with Gasteiger partial charge in [0.15, 0.2) is 0 Å². The van der Waals surface area contributed by atoms with E-state index in [9.17, 15) is 4.79 Å². The number of amides is 1. The molecule has 1 N–H and O–H groups in total. The Morgan fingerprint density at radius 3 is 2.79 bits per heavy atom. The molecule has 2 aromatic heterocycles. The average molecular weight is 400 g/mol. The number of para-hydroxylation sites is 1. The zero-order chi connectivity index (χ0) is 20.1. The molecule has 0 aliphatic rings. The van der Waals surface area contributed by atoms with Crippen molar-refractivity contribution >= 4 is 34.2 Å². The molecule has 0 unspecified atom stereocenters. The summed E-state index contributed by atoms with van der Waals surface area (Å²) in [7, 11) is 0. The monoisotopic (exact) mass is 399 g/mol. The van der Waals surface area contributed by atoms with E-state index in [4.69, 9.17) is 0 Å². The number of aromatic nitrogens is 2. The van der Waals surface area contributed by atoms with Crippen LogP contribution in [0.5, 0.6) is 0 Å². The van der Waals surface area contributed by atoms with Gasteiger partial charge < -0.3 is 5.32 Å². The largest absolute Gasteiger partial charge is 0.352 e. The fraction of sp³-hybridized carbons (Fsp3) is 0.125. The van der Waals surface area contributed by atoms with Gasteiger partial charge >= 0.3 is 0 Å². The molecule has 4 rings (SSSR count). The maximum atomic E-state index is 12.2. The number of carbonyl (C=O) groups is 1. The van der Waals surface area contributed by atoms with Crippen molar-refractivity contribution in [3.8, 4) is 10.6 Å². The maximum absolute atomic E-state index is 12.2. The summed E-state index contributed by atoms with van der Waals surface area (Å²) in [6.07, 6.45) is 5.83. The molecule has 0 bridgehead atoms. The summed E-state index contributed by atoms with van der Waals surface area (Å²) in [5, 5.41) is 7.05.